The van der Waals surface area contributed by atoms with Crippen LogP contribution >= 0.6 is 0 Å². The van der Waals surface area contributed by atoms with Crippen LogP contribution in [-0.2, 0) is 4.79 Å². The summed E-state index contributed by atoms with van der Waals surface area (Å²) in [6, 6.07) is 14.6. The maximum atomic E-state index is 12.5. The molecule has 144 valence electrons. The van der Waals surface area contributed by atoms with Crippen molar-refractivity contribution in [1.29, 1.82) is 0 Å². The normalized spacial score (nSPS) is 12.7. The Labute approximate surface area is 161 Å². The lowest BCUT2D eigenvalue weighted by Gasteiger charge is -2.19. The van der Waals surface area contributed by atoms with Crippen LogP contribution in [0.2, 0.25) is 0 Å². The van der Waals surface area contributed by atoms with Crippen molar-refractivity contribution in [2.75, 3.05) is 11.9 Å². The first-order chi connectivity index (χ1) is 13.0. The molecule has 2 aromatic rings. The molecule has 0 fully saturated rings. The Morgan fingerprint density at radius 3 is 2.30 bits per heavy atom. The van der Waals surface area contributed by atoms with Crippen LogP contribution in [0.1, 0.15) is 56.0 Å². The van der Waals surface area contributed by atoms with Gasteiger partial charge in [-0.05, 0) is 62.1 Å². The summed E-state index contributed by atoms with van der Waals surface area (Å²) in [4.78, 5) is 24.3. The maximum Gasteiger partial charge on any atom is 0.265 e. The van der Waals surface area contributed by atoms with Gasteiger partial charge < -0.3 is 15.4 Å². The Morgan fingerprint density at radius 1 is 1.00 bits per heavy atom. The average Bonchev–Trinajstić information content (AvgIpc) is 2.68. The van der Waals surface area contributed by atoms with Crippen LogP contribution in [0.15, 0.2) is 48.5 Å². The van der Waals surface area contributed by atoms with Crippen LogP contribution in [0.25, 0.3) is 0 Å². The summed E-state index contributed by atoms with van der Waals surface area (Å²) in [6.45, 7) is 8.44. The van der Waals surface area contributed by atoms with Crippen molar-refractivity contribution in [2.45, 2.75) is 46.1 Å². The molecule has 27 heavy (non-hydrogen) atoms. The highest BCUT2D eigenvalue weighted by Crippen LogP contribution is 2.29. The number of para-hydroxylation sites is 1. The van der Waals surface area contributed by atoms with Gasteiger partial charge in [-0.1, -0.05) is 32.0 Å². The van der Waals surface area contributed by atoms with E-state index in [1.807, 2.05) is 31.2 Å². The minimum atomic E-state index is -0.640. The predicted octanol–water partition coefficient (Wildman–Crippen LogP) is 4.36. The second-order valence-corrected chi connectivity index (χ2v) is 6.53. The Kier molecular flexibility index (Phi) is 7.41. The van der Waals surface area contributed by atoms with E-state index in [0.717, 1.165) is 17.7 Å². The standard InChI is InChI=1S/C22H28N2O3/c1-5-15(3)19-9-7-8-10-20(19)27-16(4)21(25)24-18-13-11-17(12-14-18)22(26)23-6-2/h7-16H,5-6H2,1-4H3,(H,23,26)(H,24,25). The molecule has 0 radical (unpaired) electrons. The fourth-order valence-electron chi connectivity index (χ4n) is 2.67. The van der Waals surface area contributed by atoms with E-state index in [0.29, 0.717) is 23.7 Å². The monoisotopic (exact) mass is 368 g/mol. The molecule has 2 rings (SSSR count). The number of carbonyl (C=O) groups is 2. The molecule has 2 aromatic carbocycles. The van der Waals surface area contributed by atoms with Gasteiger partial charge in [-0.3, -0.25) is 9.59 Å². The number of nitrogens with one attached hydrogen (secondary N) is 2. The number of hydrogen-bond donors (Lipinski definition) is 2. The van der Waals surface area contributed by atoms with Gasteiger partial charge in [0.15, 0.2) is 6.10 Å². The predicted molar refractivity (Wildman–Crippen MR) is 108 cm³/mol. The number of anilines is 1. The molecular formula is C22H28N2O3. The van der Waals surface area contributed by atoms with Gasteiger partial charge in [0, 0.05) is 17.8 Å². The fourth-order valence-corrected chi connectivity index (χ4v) is 2.67. The van der Waals surface area contributed by atoms with Crippen molar-refractivity contribution >= 4 is 17.5 Å². The number of amides is 2. The number of hydrogen-bond acceptors (Lipinski definition) is 3. The van der Waals surface area contributed by atoms with Gasteiger partial charge in [0.1, 0.15) is 5.75 Å². The highest BCUT2D eigenvalue weighted by Gasteiger charge is 2.18. The first-order valence-electron chi connectivity index (χ1n) is 9.40. The maximum absolute atomic E-state index is 12.5. The molecule has 0 saturated heterocycles. The molecule has 0 bridgehead atoms. The Morgan fingerprint density at radius 2 is 1.67 bits per heavy atom. The molecule has 5 nitrogen and oxygen atoms in total. The van der Waals surface area contributed by atoms with Crippen molar-refractivity contribution < 1.29 is 14.3 Å². The van der Waals surface area contributed by atoms with Crippen LogP contribution in [0, 0.1) is 0 Å². The Balaban J connectivity index is 2.01. The summed E-state index contributed by atoms with van der Waals surface area (Å²) in [5.74, 6) is 0.729. The van der Waals surface area contributed by atoms with E-state index in [1.54, 1.807) is 31.2 Å². The zero-order chi connectivity index (χ0) is 19.8. The zero-order valence-electron chi connectivity index (χ0n) is 16.4. The molecule has 0 spiro atoms. The minimum Gasteiger partial charge on any atom is -0.481 e. The Bertz CT molecular complexity index is 771. The molecule has 0 aromatic heterocycles. The van der Waals surface area contributed by atoms with E-state index >= 15 is 0 Å². The van der Waals surface area contributed by atoms with Crippen LogP contribution in [0.3, 0.4) is 0 Å². The lowest BCUT2D eigenvalue weighted by molar-refractivity contribution is -0.122. The smallest absolute Gasteiger partial charge is 0.265 e. The van der Waals surface area contributed by atoms with Crippen molar-refractivity contribution in [2.24, 2.45) is 0 Å². The Hall–Kier alpha value is -2.82. The highest BCUT2D eigenvalue weighted by atomic mass is 16.5. The molecule has 0 saturated carbocycles. The molecule has 2 amide bonds. The van der Waals surface area contributed by atoms with Gasteiger partial charge >= 0.3 is 0 Å². The summed E-state index contributed by atoms with van der Waals surface area (Å²) < 4.78 is 5.92. The number of rotatable bonds is 8. The second-order valence-electron chi connectivity index (χ2n) is 6.53. The largest absolute Gasteiger partial charge is 0.481 e. The SMILES string of the molecule is CCNC(=O)c1ccc(NC(=O)C(C)Oc2ccccc2C(C)CC)cc1. The van der Waals surface area contributed by atoms with Crippen LogP contribution in [0.4, 0.5) is 5.69 Å². The van der Waals surface area contributed by atoms with Crippen LogP contribution in [0.5, 0.6) is 5.75 Å². The molecule has 2 unspecified atom stereocenters. The lowest BCUT2D eigenvalue weighted by Crippen LogP contribution is -2.30. The van der Waals surface area contributed by atoms with E-state index < -0.39 is 6.10 Å². The molecule has 5 heteroatoms. The van der Waals surface area contributed by atoms with Crippen molar-refractivity contribution in [1.82, 2.24) is 5.32 Å². The van der Waals surface area contributed by atoms with Gasteiger partial charge in [-0.25, -0.2) is 0 Å². The van der Waals surface area contributed by atoms with Crippen molar-refractivity contribution in [3.05, 3.63) is 59.7 Å². The molecule has 2 N–H and O–H groups in total. The van der Waals surface area contributed by atoms with Gasteiger partial charge in [0.05, 0.1) is 0 Å². The van der Waals surface area contributed by atoms with E-state index in [1.165, 1.54) is 0 Å². The lowest BCUT2D eigenvalue weighted by atomic mass is 9.98. The van der Waals surface area contributed by atoms with Crippen molar-refractivity contribution in [3.8, 4) is 5.75 Å². The molecule has 0 aliphatic rings. The van der Waals surface area contributed by atoms with E-state index in [-0.39, 0.29) is 11.8 Å². The van der Waals surface area contributed by atoms with E-state index in [9.17, 15) is 9.59 Å². The average molecular weight is 368 g/mol. The fraction of sp³-hybridized carbons (Fsp3) is 0.364. The molecule has 0 heterocycles. The molecular weight excluding hydrogens is 340 g/mol. The summed E-state index contributed by atoms with van der Waals surface area (Å²) in [5.41, 5.74) is 2.28. The van der Waals surface area contributed by atoms with Crippen molar-refractivity contribution in [3.63, 3.8) is 0 Å². The molecule has 2 atom stereocenters. The number of ether oxygens (including phenoxy) is 1. The summed E-state index contributed by atoms with van der Waals surface area (Å²) in [7, 11) is 0. The topological polar surface area (TPSA) is 67.4 Å². The highest BCUT2D eigenvalue weighted by molar-refractivity contribution is 5.96. The summed E-state index contributed by atoms with van der Waals surface area (Å²) >= 11 is 0. The number of carbonyl (C=O) groups excluding carboxylic acids is 2. The third-order valence-corrected chi connectivity index (χ3v) is 4.49. The van der Waals surface area contributed by atoms with Crippen LogP contribution in [-0.4, -0.2) is 24.5 Å². The molecule has 0 aliphatic carbocycles. The molecule has 0 aliphatic heterocycles. The first-order valence-corrected chi connectivity index (χ1v) is 9.40. The number of benzene rings is 2. The second kappa shape index (κ2) is 9.76. The first kappa shape index (κ1) is 20.5. The van der Waals surface area contributed by atoms with Gasteiger partial charge in [0.25, 0.3) is 11.8 Å². The van der Waals surface area contributed by atoms with Gasteiger partial charge in [0.2, 0.25) is 0 Å². The third-order valence-electron chi connectivity index (χ3n) is 4.49. The van der Waals surface area contributed by atoms with Gasteiger partial charge in [-0.15, -0.1) is 0 Å². The van der Waals surface area contributed by atoms with Crippen LogP contribution < -0.4 is 15.4 Å². The summed E-state index contributed by atoms with van der Waals surface area (Å²) in [5, 5.41) is 5.57. The van der Waals surface area contributed by atoms with Gasteiger partial charge in [-0.2, -0.15) is 0 Å². The van der Waals surface area contributed by atoms with E-state index in [4.69, 9.17) is 4.74 Å². The summed E-state index contributed by atoms with van der Waals surface area (Å²) in [6.07, 6.45) is 0.358. The quantitative estimate of drug-likeness (QED) is 0.728. The third kappa shape index (κ3) is 5.58. The zero-order valence-corrected chi connectivity index (χ0v) is 16.4. The minimum absolute atomic E-state index is 0.131. The van der Waals surface area contributed by atoms with E-state index in [2.05, 4.69) is 24.5 Å².